The van der Waals surface area contributed by atoms with Gasteiger partial charge < -0.3 is 14.2 Å². The first-order chi connectivity index (χ1) is 7.23. The second kappa shape index (κ2) is 5.07. The highest BCUT2D eigenvalue weighted by Crippen LogP contribution is 2.21. The van der Waals surface area contributed by atoms with Gasteiger partial charge >= 0.3 is 17.7 Å². The van der Waals surface area contributed by atoms with Crippen LogP contribution in [0.4, 0.5) is 0 Å². The van der Waals surface area contributed by atoms with Gasteiger partial charge in [0, 0.05) is 7.11 Å². The number of esters is 2. The number of hydrogen-bond acceptors (Lipinski definition) is 6. The second-order valence-electron chi connectivity index (χ2n) is 4.05. The molecule has 16 heavy (non-hydrogen) atoms. The number of hydrogen-bond donors (Lipinski definition) is 0. The van der Waals surface area contributed by atoms with Gasteiger partial charge in [0.1, 0.15) is 0 Å². The van der Waals surface area contributed by atoms with Gasteiger partial charge in [0.15, 0.2) is 0 Å². The molecule has 91 valence electrons. The summed E-state index contributed by atoms with van der Waals surface area (Å²) in [6.07, 6.45) is 1.23. The average molecular weight is 231 g/mol. The molecule has 0 amide bonds. The molecule has 0 spiro atoms. The van der Waals surface area contributed by atoms with Crippen LogP contribution in [-0.4, -0.2) is 38.2 Å². The Balaban J connectivity index is 5.03. The van der Waals surface area contributed by atoms with Crippen molar-refractivity contribution in [3.05, 3.63) is 0 Å². The van der Waals surface area contributed by atoms with Crippen LogP contribution in [0.3, 0.4) is 0 Å². The van der Waals surface area contributed by atoms with E-state index in [4.69, 9.17) is 4.74 Å². The van der Waals surface area contributed by atoms with Crippen molar-refractivity contribution >= 4 is 18.2 Å². The molecule has 0 aliphatic heterocycles. The molecule has 0 aromatic heterocycles. The van der Waals surface area contributed by atoms with Crippen LogP contribution in [0.15, 0.2) is 0 Å². The van der Waals surface area contributed by atoms with E-state index in [1.807, 2.05) is 0 Å². The van der Waals surface area contributed by atoms with Crippen molar-refractivity contribution in [3.63, 3.8) is 0 Å². The molecule has 0 aliphatic carbocycles. The number of carbonyl (C=O) groups excluding carboxylic acids is 3. The minimum atomic E-state index is -2.45. The topological polar surface area (TPSA) is 78.9 Å². The zero-order valence-corrected chi connectivity index (χ0v) is 9.95. The molecule has 6 nitrogen and oxygen atoms in total. The van der Waals surface area contributed by atoms with Crippen LogP contribution in [0, 0.1) is 5.41 Å². The Hall–Kier alpha value is -1.43. The van der Waals surface area contributed by atoms with Crippen LogP contribution in [-0.2, 0) is 28.6 Å². The van der Waals surface area contributed by atoms with Crippen molar-refractivity contribution in [2.75, 3.05) is 14.2 Å². The van der Waals surface area contributed by atoms with E-state index in [-0.39, 0.29) is 0 Å². The van der Waals surface area contributed by atoms with Crippen LogP contribution < -0.4 is 0 Å². The summed E-state index contributed by atoms with van der Waals surface area (Å²) >= 11 is 0. The molecular formula is C10H15O6. The molecule has 0 fully saturated rings. The third-order valence-electron chi connectivity index (χ3n) is 1.72. The number of carbonyl (C=O) groups is 2. The van der Waals surface area contributed by atoms with Crippen LogP contribution >= 0.6 is 0 Å². The van der Waals surface area contributed by atoms with Crippen molar-refractivity contribution in [1.82, 2.24) is 0 Å². The van der Waals surface area contributed by atoms with E-state index in [1.165, 1.54) is 6.29 Å². The summed E-state index contributed by atoms with van der Waals surface area (Å²) in [6.45, 7) is 4.70. The van der Waals surface area contributed by atoms with Gasteiger partial charge in [-0.25, -0.2) is 4.79 Å². The first kappa shape index (κ1) is 14.6. The maximum absolute atomic E-state index is 11.5. The molecule has 0 bridgehead atoms. The lowest BCUT2D eigenvalue weighted by Crippen LogP contribution is -2.49. The average Bonchev–Trinajstić information content (AvgIpc) is 2.23. The Labute approximate surface area is 93.8 Å². The van der Waals surface area contributed by atoms with Gasteiger partial charge in [0.25, 0.3) is 6.29 Å². The van der Waals surface area contributed by atoms with Crippen LogP contribution in [0.1, 0.15) is 20.8 Å². The summed E-state index contributed by atoms with van der Waals surface area (Å²) in [5, 5.41) is 0. The minimum Gasteiger partial charge on any atom is -0.464 e. The van der Waals surface area contributed by atoms with Gasteiger partial charge in [-0.15, -0.1) is 0 Å². The molecule has 0 saturated carbocycles. The van der Waals surface area contributed by atoms with Crippen molar-refractivity contribution < 1.29 is 28.6 Å². The Bertz CT molecular complexity index is 290. The van der Waals surface area contributed by atoms with E-state index in [9.17, 15) is 14.4 Å². The van der Waals surface area contributed by atoms with Crippen molar-refractivity contribution in [3.8, 4) is 0 Å². The lowest BCUT2D eigenvalue weighted by molar-refractivity contribution is -0.216. The molecule has 0 N–H and O–H groups in total. The predicted molar refractivity (Wildman–Crippen MR) is 53.0 cm³/mol. The normalized spacial score (nSPS) is 14.8. The number of rotatable bonds is 4. The Morgan fingerprint density at radius 1 is 1.06 bits per heavy atom. The Morgan fingerprint density at radius 3 is 1.81 bits per heavy atom. The van der Waals surface area contributed by atoms with E-state index in [0.29, 0.717) is 0 Å². The molecule has 0 aliphatic rings. The number of ether oxygens (including phenoxy) is 3. The second-order valence-corrected chi connectivity index (χ2v) is 4.05. The van der Waals surface area contributed by atoms with Crippen LogP contribution in [0.5, 0.6) is 0 Å². The van der Waals surface area contributed by atoms with Crippen molar-refractivity contribution in [1.29, 1.82) is 0 Å². The molecule has 0 aromatic carbocycles. The fourth-order valence-corrected chi connectivity index (χ4v) is 0.689. The first-order valence-corrected chi connectivity index (χ1v) is 4.50. The van der Waals surface area contributed by atoms with E-state index in [2.05, 4.69) is 9.47 Å². The SMILES string of the molecule is COC(=O)C([C]=O)(OC)OC(=O)C(C)(C)C. The maximum atomic E-state index is 11.5. The van der Waals surface area contributed by atoms with Gasteiger partial charge in [-0.1, -0.05) is 0 Å². The predicted octanol–water partition coefficient (Wildman–Crippen LogP) is 0.201. The third-order valence-corrected chi connectivity index (χ3v) is 1.72. The third kappa shape index (κ3) is 3.03. The highest BCUT2D eigenvalue weighted by atomic mass is 16.7. The summed E-state index contributed by atoms with van der Waals surface area (Å²) in [6, 6.07) is 0. The zero-order chi connectivity index (χ0) is 13.0. The largest absolute Gasteiger partial charge is 0.464 e. The van der Waals surface area contributed by atoms with Crippen molar-refractivity contribution in [2.24, 2.45) is 5.41 Å². The summed E-state index contributed by atoms with van der Waals surface area (Å²) in [4.78, 5) is 33.5. The quantitative estimate of drug-likeness (QED) is 0.390. The van der Waals surface area contributed by atoms with E-state index < -0.39 is 23.1 Å². The maximum Gasteiger partial charge on any atom is 0.388 e. The molecule has 0 aromatic rings. The summed E-state index contributed by atoms with van der Waals surface area (Å²) < 4.78 is 13.6. The molecular weight excluding hydrogens is 216 g/mol. The highest BCUT2D eigenvalue weighted by molar-refractivity contribution is 5.97. The van der Waals surface area contributed by atoms with Gasteiger partial charge in [-0.3, -0.25) is 9.59 Å². The monoisotopic (exact) mass is 231 g/mol. The van der Waals surface area contributed by atoms with Gasteiger partial charge in [0.2, 0.25) is 0 Å². The van der Waals surface area contributed by atoms with Crippen LogP contribution in [0.25, 0.3) is 0 Å². The smallest absolute Gasteiger partial charge is 0.388 e. The molecule has 1 unspecified atom stereocenters. The lowest BCUT2D eigenvalue weighted by atomic mass is 9.97. The highest BCUT2D eigenvalue weighted by Gasteiger charge is 2.47. The standard InChI is InChI=1S/C10H15O6/c1-9(2,3)7(12)16-10(6-11,15-5)8(13)14-4/h1-5H3. The fourth-order valence-electron chi connectivity index (χ4n) is 0.689. The Kier molecular flexibility index (Phi) is 4.61. The van der Waals surface area contributed by atoms with Gasteiger partial charge in [0.05, 0.1) is 12.5 Å². The summed E-state index contributed by atoms with van der Waals surface area (Å²) in [7, 11) is 2.08. The summed E-state index contributed by atoms with van der Waals surface area (Å²) in [5.41, 5.74) is -0.880. The van der Waals surface area contributed by atoms with Crippen molar-refractivity contribution in [2.45, 2.75) is 26.6 Å². The molecule has 0 rings (SSSR count). The summed E-state index contributed by atoms with van der Waals surface area (Å²) in [5.74, 6) is -4.36. The van der Waals surface area contributed by atoms with Gasteiger partial charge in [-0.2, -0.15) is 0 Å². The minimum absolute atomic E-state index is 0.775. The van der Waals surface area contributed by atoms with Gasteiger partial charge in [-0.05, 0) is 20.8 Å². The molecule has 0 heterocycles. The zero-order valence-electron chi connectivity index (χ0n) is 9.95. The van der Waals surface area contributed by atoms with Crippen LogP contribution in [0.2, 0.25) is 0 Å². The Morgan fingerprint density at radius 2 is 1.56 bits per heavy atom. The lowest BCUT2D eigenvalue weighted by Gasteiger charge is -2.26. The first-order valence-electron chi connectivity index (χ1n) is 4.50. The molecule has 1 atom stereocenters. The van der Waals surface area contributed by atoms with E-state index in [1.54, 1.807) is 20.8 Å². The molecule has 1 radical (unpaired) electrons. The fraction of sp³-hybridized carbons (Fsp3) is 0.700. The molecule has 6 heteroatoms. The number of methoxy groups -OCH3 is 2. The molecule has 0 saturated heterocycles. The van der Waals surface area contributed by atoms with E-state index >= 15 is 0 Å². The van der Waals surface area contributed by atoms with E-state index in [0.717, 1.165) is 14.2 Å².